The number of hydrogen-bond acceptors (Lipinski definition) is 4. The maximum absolute atomic E-state index is 12.2. The highest BCUT2D eigenvalue weighted by molar-refractivity contribution is 5.92. The minimum atomic E-state index is -0.393. The van der Waals surface area contributed by atoms with Gasteiger partial charge in [-0.15, -0.1) is 9.13 Å². The molecule has 0 radical (unpaired) electrons. The van der Waals surface area contributed by atoms with Gasteiger partial charge in [-0.3, -0.25) is 0 Å². The Morgan fingerprint density at radius 1 is 0.852 bits per heavy atom. The molecule has 6 nitrogen and oxygen atoms in total. The van der Waals surface area contributed by atoms with Gasteiger partial charge in [0.1, 0.15) is 5.56 Å². The van der Waals surface area contributed by atoms with Crippen LogP contribution in [0.1, 0.15) is 32.4 Å². The molecule has 2 aliphatic heterocycles. The van der Waals surface area contributed by atoms with Gasteiger partial charge in [-0.25, -0.2) is 9.59 Å². The van der Waals surface area contributed by atoms with Crippen LogP contribution in [0.4, 0.5) is 0 Å². The molecule has 2 aliphatic rings. The van der Waals surface area contributed by atoms with Gasteiger partial charge in [0, 0.05) is 24.3 Å². The first kappa shape index (κ1) is 15.7. The van der Waals surface area contributed by atoms with E-state index in [0.29, 0.717) is 11.1 Å². The molecular formula is C21H16N2O4+2. The van der Waals surface area contributed by atoms with Crippen molar-refractivity contribution in [2.45, 2.75) is 6.17 Å². The van der Waals surface area contributed by atoms with Crippen molar-refractivity contribution in [1.82, 2.24) is 0 Å². The van der Waals surface area contributed by atoms with Gasteiger partial charge in [0.25, 0.3) is 11.4 Å². The van der Waals surface area contributed by atoms with E-state index < -0.39 is 11.9 Å². The van der Waals surface area contributed by atoms with Crippen LogP contribution >= 0.6 is 0 Å². The van der Waals surface area contributed by atoms with Gasteiger partial charge in [-0.2, -0.15) is 0 Å². The van der Waals surface area contributed by atoms with E-state index in [1.807, 2.05) is 30.5 Å². The summed E-state index contributed by atoms with van der Waals surface area (Å²) in [6, 6.07) is 15.4. The Balaban J connectivity index is 1.83. The molecule has 0 aliphatic carbocycles. The predicted octanol–water partition coefficient (Wildman–Crippen LogP) is 1.89. The van der Waals surface area contributed by atoms with Gasteiger partial charge >= 0.3 is 18.1 Å². The first-order chi connectivity index (χ1) is 13.1. The van der Waals surface area contributed by atoms with E-state index in [-0.39, 0.29) is 6.17 Å². The molecule has 0 amide bonds. The molecule has 0 saturated carbocycles. The number of benzene rings is 1. The van der Waals surface area contributed by atoms with Crippen molar-refractivity contribution >= 4 is 11.9 Å². The van der Waals surface area contributed by atoms with Crippen molar-refractivity contribution in [3.8, 4) is 22.6 Å². The van der Waals surface area contributed by atoms with E-state index in [4.69, 9.17) is 9.47 Å². The summed E-state index contributed by atoms with van der Waals surface area (Å²) in [6.45, 7) is 0. The molecule has 2 aromatic heterocycles. The van der Waals surface area contributed by atoms with Gasteiger partial charge in [0.2, 0.25) is 5.69 Å². The number of carbonyl (C=O) groups is 2. The summed E-state index contributed by atoms with van der Waals surface area (Å²) in [5.74, 6) is -0.784. The third kappa shape index (κ3) is 2.01. The molecule has 132 valence electrons. The molecule has 3 aromatic rings. The molecule has 0 fully saturated rings. The van der Waals surface area contributed by atoms with Crippen LogP contribution in [0.2, 0.25) is 0 Å². The second kappa shape index (κ2) is 5.48. The van der Waals surface area contributed by atoms with Gasteiger partial charge in [-0.05, 0) is 12.1 Å². The minimum Gasteiger partial charge on any atom is -0.465 e. The molecule has 0 spiro atoms. The summed E-state index contributed by atoms with van der Waals surface area (Å²) in [6.07, 6.45) is 1.85. The second-order valence-corrected chi connectivity index (χ2v) is 6.54. The van der Waals surface area contributed by atoms with E-state index in [9.17, 15) is 9.59 Å². The topological polar surface area (TPSA) is 60.4 Å². The zero-order valence-electron chi connectivity index (χ0n) is 14.8. The number of nitrogens with zero attached hydrogens (tertiary/aromatic N) is 2. The number of esters is 2. The fourth-order valence-electron chi connectivity index (χ4n) is 4.05. The number of hydrogen-bond donors (Lipinski definition) is 0. The van der Waals surface area contributed by atoms with Crippen LogP contribution in [0, 0.1) is 0 Å². The van der Waals surface area contributed by atoms with Crippen LogP contribution in [0.5, 0.6) is 0 Å². The average Bonchev–Trinajstić information content (AvgIpc) is 3.23. The van der Waals surface area contributed by atoms with E-state index in [2.05, 4.69) is 21.3 Å². The Kier molecular flexibility index (Phi) is 3.18. The number of methoxy groups -OCH3 is 2. The maximum atomic E-state index is 12.2. The largest absolute Gasteiger partial charge is 0.465 e. The van der Waals surface area contributed by atoms with E-state index in [1.54, 1.807) is 12.1 Å². The van der Waals surface area contributed by atoms with Crippen LogP contribution in [-0.2, 0) is 9.47 Å². The van der Waals surface area contributed by atoms with Crippen LogP contribution in [-0.4, -0.2) is 26.2 Å². The average molecular weight is 360 g/mol. The summed E-state index contributed by atoms with van der Waals surface area (Å²) in [5.41, 5.74) is 5.85. The SMILES string of the molecule is COC(=O)c1cc[n+]2c(c1)-c1cc(C(=O)OC)cc3[n+]1C2c1ccccc1-3. The molecule has 5 rings (SSSR count). The number of aromatic nitrogens is 2. The third-order valence-electron chi connectivity index (χ3n) is 5.22. The molecule has 4 heterocycles. The zero-order chi connectivity index (χ0) is 18.7. The molecule has 27 heavy (non-hydrogen) atoms. The van der Waals surface area contributed by atoms with E-state index >= 15 is 0 Å². The first-order valence-corrected chi connectivity index (χ1v) is 8.55. The van der Waals surface area contributed by atoms with Crippen molar-refractivity contribution in [3.63, 3.8) is 0 Å². The minimum absolute atomic E-state index is 0.0420. The van der Waals surface area contributed by atoms with Crippen LogP contribution in [0.15, 0.2) is 54.7 Å². The Morgan fingerprint density at radius 3 is 2.30 bits per heavy atom. The molecule has 0 bridgehead atoms. The molecule has 1 aromatic carbocycles. The predicted molar refractivity (Wildman–Crippen MR) is 93.9 cm³/mol. The van der Waals surface area contributed by atoms with Crippen LogP contribution < -0.4 is 9.13 Å². The van der Waals surface area contributed by atoms with Crippen molar-refractivity contribution in [3.05, 3.63) is 71.4 Å². The fourth-order valence-corrected chi connectivity index (χ4v) is 4.05. The molecule has 1 atom stereocenters. The van der Waals surface area contributed by atoms with E-state index in [0.717, 1.165) is 28.2 Å². The second-order valence-electron chi connectivity index (χ2n) is 6.54. The molecule has 1 unspecified atom stereocenters. The number of pyridine rings is 2. The zero-order valence-corrected chi connectivity index (χ0v) is 14.8. The summed E-state index contributed by atoms with van der Waals surface area (Å²) in [5, 5.41) is 0. The highest BCUT2D eigenvalue weighted by atomic mass is 16.5. The lowest BCUT2D eigenvalue weighted by atomic mass is 10.0. The number of fused-ring (bicyclic) bond motifs is 6. The lowest BCUT2D eigenvalue weighted by Gasteiger charge is -2.01. The number of ether oxygens (including phenoxy) is 2. The Labute approximate surface area is 155 Å². The number of carbonyl (C=O) groups excluding carboxylic acids is 2. The van der Waals surface area contributed by atoms with Gasteiger partial charge < -0.3 is 9.47 Å². The molecule has 6 heteroatoms. The van der Waals surface area contributed by atoms with E-state index in [1.165, 1.54) is 14.2 Å². The third-order valence-corrected chi connectivity index (χ3v) is 5.22. The highest BCUT2D eigenvalue weighted by Crippen LogP contribution is 2.38. The normalized spacial score (nSPS) is 15.0. The summed E-state index contributed by atoms with van der Waals surface area (Å²) in [4.78, 5) is 24.2. The highest BCUT2D eigenvalue weighted by Gasteiger charge is 2.53. The fraction of sp³-hybridized carbons (Fsp3) is 0.143. The van der Waals surface area contributed by atoms with Gasteiger partial charge in [0.15, 0.2) is 6.20 Å². The standard InChI is InChI=1S/C21H16N2O4/c1-26-20(24)12-7-8-22-17(9-12)18-11-13(21(25)27-2)10-16-14-5-3-4-6-15(14)19(22)23(16)18/h3-11,19H,1-2H3/q+2. The lowest BCUT2D eigenvalue weighted by Crippen LogP contribution is -2.50. The Bertz CT molecular complexity index is 1150. The molecular weight excluding hydrogens is 344 g/mol. The lowest BCUT2D eigenvalue weighted by molar-refractivity contribution is -0.890. The van der Waals surface area contributed by atoms with Crippen molar-refractivity contribution in [2.75, 3.05) is 14.2 Å². The van der Waals surface area contributed by atoms with Crippen molar-refractivity contribution < 1.29 is 28.2 Å². The van der Waals surface area contributed by atoms with Crippen LogP contribution in [0.3, 0.4) is 0 Å². The summed E-state index contributed by atoms with van der Waals surface area (Å²) < 4.78 is 14.1. The van der Waals surface area contributed by atoms with Crippen molar-refractivity contribution in [1.29, 1.82) is 0 Å². The Hall–Kier alpha value is -3.54. The quantitative estimate of drug-likeness (QED) is 0.356. The maximum Gasteiger partial charge on any atom is 0.382 e. The summed E-state index contributed by atoms with van der Waals surface area (Å²) >= 11 is 0. The molecule has 0 saturated heterocycles. The van der Waals surface area contributed by atoms with Crippen LogP contribution in [0.25, 0.3) is 22.6 Å². The monoisotopic (exact) mass is 360 g/mol. The smallest absolute Gasteiger partial charge is 0.382 e. The summed E-state index contributed by atoms with van der Waals surface area (Å²) in [7, 11) is 2.73. The van der Waals surface area contributed by atoms with Gasteiger partial charge in [-0.1, -0.05) is 12.1 Å². The molecule has 0 N–H and O–H groups in total. The van der Waals surface area contributed by atoms with Gasteiger partial charge in [0.05, 0.1) is 30.9 Å². The van der Waals surface area contributed by atoms with Crippen molar-refractivity contribution in [2.24, 2.45) is 0 Å². The first-order valence-electron chi connectivity index (χ1n) is 8.55. The Morgan fingerprint density at radius 2 is 1.52 bits per heavy atom. The number of rotatable bonds is 2.